The van der Waals surface area contributed by atoms with Crippen LogP contribution in [-0.4, -0.2) is 10.7 Å². The molecule has 3 unspecified atom stereocenters. The van der Waals surface area contributed by atoms with Crippen molar-refractivity contribution in [2.75, 3.05) is 0 Å². The van der Waals surface area contributed by atoms with Crippen molar-refractivity contribution in [2.45, 2.75) is 102 Å². The van der Waals surface area contributed by atoms with E-state index in [-0.39, 0.29) is 0 Å². The lowest BCUT2D eigenvalue weighted by Crippen LogP contribution is -2.53. The molecule has 25 heavy (non-hydrogen) atoms. The van der Waals surface area contributed by atoms with E-state index >= 15 is 0 Å². The van der Waals surface area contributed by atoms with Crippen LogP contribution in [0.25, 0.3) is 0 Å². The van der Waals surface area contributed by atoms with Gasteiger partial charge in [0.15, 0.2) is 0 Å². The van der Waals surface area contributed by atoms with E-state index in [1.165, 1.54) is 96.3 Å². The summed E-state index contributed by atoms with van der Waals surface area (Å²) < 4.78 is 0. The van der Waals surface area contributed by atoms with Gasteiger partial charge in [0.2, 0.25) is 0 Å². The zero-order valence-electron chi connectivity index (χ0n) is 15.9. The first-order chi connectivity index (χ1) is 12.3. The molecule has 5 aliphatic rings. The number of fused-ring (bicyclic) bond motifs is 2. The van der Waals surface area contributed by atoms with E-state index in [1.54, 1.807) is 16.7 Å². The summed E-state index contributed by atoms with van der Waals surface area (Å²) in [5.41, 5.74) is 4.36. The number of rotatable bonds is 1. The molecule has 1 heteroatoms. The van der Waals surface area contributed by atoms with Crippen molar-refractivity contribution in [2.24, 2.45) is 23.7 Å². The molecule has 1 N–H and O–H groups in total. The Kier molecular flexibility index (Phi) is 4.35. The second-order valence-corrected chi connectivity index (χ2v) is 9.87. The van der Waals surface area contributed by atoms with Crippen molar-refractivity contribution in [1.29, 1.82) is 0 Å². The molecule has 0 bridgehead atoms. The maximum atomic E-state index is 12.4. The number of hydrogen-bond acceptors (Lipinski definition) is 1. The van der Waals surface area contributed by atoms with Crippen LogP contribution in [0, 0.1) is 23.7 Å². The van der Waals surface area contributed by atoms with Crippen molar-refractivity contribution in [3.8, 4) is 0 Å². The Bertz CT molecular complexity index is 585. The van der Waals surface area contributed by atoms with Gasteiger partial charge in [-0.15, -0.1) is 0 Å². The van der Waals surface area contributed by atoms with Crippen molar-refractivity contribution in [1.82, 2.24) is 0 Å². The molecule has 0 saturated heterocycles. The molecule has 2 fully saturated rings. The Morgan fingerprint density at radius 2 is 1.68 bits per heavy atom. The standard InChI is InChI=1S/C24H36O/c25-24(21-14-13-17-7-1-2-8-18(17)16-21)22-11-5-3-9-19(22)15-20-10-4-6-12-23(20)24/h9,17-18,21-22,25H,1-8,10-16H2/t17?,18?,21-,22-,24?/m1/s1. The first-order valence-electron chi connectivity index (χ1n) is 11.4. The average Bonchev–Trinajstić information content (AvgIpc) is 2.68. The summed E-state index contributed by atoms with van der Waals surface area (Å²) in [7, 11) is 0. The zero-order chi connectivity index (χ0) is 16.9. The summed E-state index contributed by atoms with van der Waals surface area (Å²) in [4.78, 5) is 0. The van der Waals surface area contributed by atoms with E-state index in [2.05, 4.69) is 6.08 Å². The predicted molar refractivity (Wildman–Crippen MR) is 103 cm³/mol. The van der Waals surface area contributed by atoms with E-state index in [0.29, 0.717) is 11.8 Å². The lowest BCUT2D eigenvalue weighted by atomic mass is 9.54. The Morgan fingerprint density at radius 3 is 2.60 bits per heavy atom. The Balaban J connectivity index is 1.51. The minimum absolute atomic E-state index is 0.461. The highest BCUT2D eigenvalue weighted by Gasteiger charge is 2.53. The highest BCUT2D eigenvalue weighted by molar-refractivity contribution is 5.41. The highest BCUT2D eigenvalue weighted by atomic mass is 16.3. The zero-order valence-corrected chi connectivity index (χ0v) is 15.9. The molecule has 0 aromatic rings. The summed E-state index contributed by atoms with van der Waals surface area (Å²) in [5.74, 6) is 2.91. The van der Waals surface area contributed by atoms with Gasteiger partial charge >= 0.3 is 0 Å². The van der Waals surface area contributed by atoms with Gasteiger partial charge in [0.1, 0.15) is 0 Å². The Hall–Kier alpha value is -0.560. The van der Waals surface area contributed by atoms with Crippen LogP contribution < -0.4 is 0 Å². The van der Waals surface area contributed by atoms with Gasteiger partial charge in [-0.05, 0) is 94.0 Å². The SMILES string of the molecule is OC1([C@@H]2CCC3CCCCC3C2)C2=C(CCCC2)CC2=CCCC[C@H]21. The normalized spacial score (nSPS) is 44.4. The molecule has 0 radical (unpaired) electrons. The molecule has 0 aromatic heterocycles. The Labute approximate surface area is 154 Å². The maximum Gasteiger partial charge on any atom is 0.0952 e. The van der Waals surface area contributed by atoms with Gasteiger partial charge < -0.3 is 5.11 Å². The minimum Gasteiger partial charge on any atom is -0.385 e. The highest BCUT2D eigenvalue weighted by Crippen LogP contribution is 2.57. The van der Waals surface area contributed by atoms with E-state index in [9.17, 15) is 5.11 Å². The second-order valence-electron chi connectivity index (χ2n) is 9.87. The van der Waals surface area contributed by atoms with Gasteiger partial charge in [-0.1, -0.05) is 42.9 Å². The predicted octanol–water partition coefficient (Wildman–Crippen LogP) is 6.32. The lowest BCUT2D eigenvalue weighted by molar-refractivity contribution is -0.0700. The van der Waals surface area contributed by atoms with Gasteiger partial charge in [-0.3, -0.25) is 0 Å². The maximum absolute atomic E-state index is 12.4. The van der Waals surface area contributed by atoms with Gasteiger partial charge in [0, 0.05) is 5.92 Å². The fourth-order valence-corrected chi connectivity index (χ4v) is 7.54. The molecule has 0 amide bonds. The first-order valence-corrected chi connectivity index (χ1v) is 11.4. The molecule has 5 aliphatic carbocycles. The van der Waals surface area contributed by atoms with Crippen LogP contribution in [0.2, 0.25) is 0 Å². The van der Waals surface area contributed by atoms with Crippen LogP contribution in [0.1, 0.15) is 96.3 Å². The molecule has 0 heterocycles. The summed E-state index contributed by atoms with van der Waals surface area (Å²) in [6.45, 7) is 0. The minimum atomic E-state index is -0.470. The summed E-state index contributed by atoms with van der Waals surface area (Å²) in [6.07, 6.45) is 22.4. The topological polar surface area (TPSA) is 20.2 Å². The van der Waals surface area contributed by atoms with Gasteiger partial charge in [-0.25, -0.2) is 0 Å². The number of allylic oxidation sites excluding steroid dienone is 2. The third kappa shape index (κ3) is 2.68. The number of hydrogen-bond donors (Lipinski definition) is 1. The first kappa shape index (κ1) is 16.6. The smallest absolute Gasteiger partial charge is 0.0952 e. The number of aliphatic hydroxyl groups is 1. The van der Waals surface area contributed by atoms with Crippen LogP contribution in [0.5, 0.6) is 0 Å². The lowest BCUT2D eigenvalue weighted by Gasteiger charge is -2.54. The average molecular weight is 341 g/mol. The summed E-state index contributed by atoms with van der Waals surface area (Å²) in [5, 5.41) is 12.4. The molecule has 5 rings (SSSR count). The fourth-order valence-electron chi connectivity index (χ4n) is 7.54. The molecule has 0 aliphatic heterocycles. The molecular formula is C24H36O. The van der Waals surface area contributed by atoms with Crippen LogP contribution in [0.15, 0.2) is 22.8 Å². The van der Waals surface area contributed by atoms with Gasteiger partial charge in [0.05, 0.1) is 5.60 Å². The molecule has 0 aromatic carbocycles. The molecule has 2 saturated carbocycles. The molecule has 5 atom stereocenters. The quantitative estimate of drug-likeness (QED) is 0.553. The monoisotopic (exact) mass is 340 g/mol. The van der Waals surface area contributed by atoms with E-state index in [1.807, 2.05) is 0 Å². The third-order valence-corrected chi connectivity index (χ3v) is 8.73. The molecule has 138 valence electrons. The molecule has 1 nitrogen and oxygen atoms in total. The van der Waals surface area contributed by atoms with Crippen molar-refractivity contribution in [3.05, 3.63) is 22.8 Å². The van der Waals surface area contributed by atoms with Crippen molar-refractivity contribution >= 4 is 0 Å². The molecular weight excluding hydrogens is 304 g/mol. The summed E-state index contributed by atoms with van der Waals surface area (Å²) >= 11 is 0. The fraction of sp³-hybridized carbons (Fsp3) is 0.833. The van der Waals surface area contributed by atoms with Gasteiger partial charge in [-0.2, -0.15) is 0 Å². The van der Waals surface area contributed by atoms with Crippen LogP contribution >= 0.6 is 0 Å². The van der Waals surface area contributed by atoms with Crippen LogP contribution in [-0.2, 0) is 0 Å². The Morgan fingerprint density at radius 1 is 0.840 bits per heavy atom. The van der Waals surface area contributed by atoms with Crippen LogP contribution in [0.3, 0.4) is 0 Å². The largest absolute Gasteiger partial charge is 0.385 e. The third-order valence-electron chi connectivity index (χ3n) is 8.73. The van der Waals surface area contributed by atoms with Crippen LogP contribution in [0.4, 0.5) is 0 Å². The summed E-state index contributed by atoms with van der Waals surface area (Å²) in [6, 6.07) is 0. The molecule has 0 spiro atoms. The van der Waals surface area contributed by atoms with E-state index in [4.69, 9.17) is 0 Å². The van der Waals surface area contributed by atoms with Gasteiger partial charge in [0.25, 0.3) is 0 Å². The van der Waals surface area contributed by atoms with E-state index < -0.39 is 5.60 Å². The van der Waals surface area contributed by atoms with E-state index in [0.717, 1.165) is 11.8 Å². The van der Waals surface area contributed by atoms with Crippen molar-refractivity contribution < 1.29 is 5.11 Å². The second kappa shape index (κ2) is 6.55. The van der Waals surface area contributed by atoms with Crippen molar-refractivity contribution in [3.63, 3.8) is 0 Å².